The molecule has 0 radical (unpaired) electrons. The van der Waals surface area contributed by atoms with Crippen LogP contribution in [-0.2, 0) is 6.54 Å². The summed E-state index contributed by atoms with van der Waals surface area (Å²) in [6.45, 7) is 4.30. The van der Waals surface area contributed by atoms with E-state index in [1.165, 1.54) is 10.8 Å². The van der Waals surface area contributed by atoms with Gasteiger partial charge in [-0.25, -0.2) is 0 Å². The smallest absolute Gasteiger partial charge is 0.235 e. The van der Waals surface area contributed by atoms with Crippen molar-refractivity contribution in [2.75, 3.05) is 48.8 Å². The number of anilines is 4. The minimum absolute atomic E-state index is 0.455. The summed E-state index contributed by atoms with van der Waals surface area (Å²) < 4.78 is 0. The van der Waals surface area contributed by atoms with Crippen molar-refractivity contribution in [1.29, 1.82) is 0 Å². The maximum absolute atomic E-state index is 4.74. The lowest BCUT2D eigenvalue weighted by molar-refractivity contribution is 0.311. The molecule has 2 aromatic heterocycles. The highest BCUT2D eigenvalue weighted by atomic mass is 15.4. The van der Waals surface area contributed by atoms with Crippen LogP contribution < -0.4 is 15.5 Å². The van der Waals surface area contributed by atoms with E-state index in [4.69, 9.17) is 9.97 Å². The fraction of sp³-hybridized carbons (Fsp3) is 0.214. The van der Waals surface area contributed by atoms with Gasteiger partial charge in [-0.15, -0.1) is 0 Å². The van der Waals surface area contributed by atoms with Crippen LogP contribution in [0.15, 0.2) is 78.9 Å². The van der Waals surface area contributed by atoms with Crippen molar-refractivity contribution in [3.63, 3.8) is 0 Å². The quantitative estimate of drug-likeness (QED) is 0.306. The van der Waals surface area contributed by atoms with E-state index in [0.717, 1.165) is 43.0 Å². The number of piperazine rings is 1. The van der Waals surface area contributed by atoms with Gasteiger partial charge in [-0.3, -0.25) is 5.10 Å². The van der Waals surface area contributed by atoms with Crippen molar-refractivity contribution in [2.45, 2.75) is 6.54 Å². The molecule has 0 amide bonds. The number of hydrogen-bond donors (Lipinski definition) is 3. The SMILES string of the molecule is CN1CCN(c2nc(NCc3ccccc3)nc(Nc3cc(-c4ccc5ccccc5c4)[nH]n3)n2)CC1. The molecule has 6 rings (SSSR count). The number of benzene rings is 3. The monoisotopic (exact) mass is 491 g/mol. The van der Waals surface area contributed by atoms with Gasteiger partial charge in [0.15, 0.2) is 5.82 Å². The molecule has 3 heterocycles. The number of aromatic nitrogens is 5. The third kappa shape index (κ3) is 5.36. The standard InChI is InChI=1S/C28H29N9/c1-36-13-15-37(16-14-36)28-32-26(29-19-20-7-3-2-4-8-20)31-27(33-28)30-25-18-24(34-35-25)23-12-11-21-9-5-6-10-22(21)17-23/h2-12,17-18H,13-16,19H2,1H3,(H3,29,30,31,32,33,34,35). The number of fused-ring (bicyclic) bond motifs is 1. The second kappa shape index (κ2) is 10.2. The molecule has 3 N–H and O–H groups in total. The molecule has 1 aliphatic heterocycles. The Morgan fingerprint density at radius 1 is 0.784 bits per heavy atom. The Hall–Kier alpha value is -4.50. The molecule has 9 nitrogen and oxygen atoms in total. The molecule has 1 saturated heterocycles. The predicted octanol–water partition coefficient (Wildman–Crippen LogP) is 4.52. The number of H-pyrrole nitrogens is 1. The molecule has 186 valence electrons. The van der Waals surface area contributed by atoms with E-state index in [-0.39, 0.29) is 0 Å². The Balaban J connectivity index is 1.25. The first kappa shape index (κ1) is 22.9. The average molecular weight is 492 g/mol. The van der Waals surface area contributed by atoms with Crippen LogP contribution in [0.3, 0.4) is 0 Å². The largest absolute Gasteiger partial charge is 0.350 e. The minimum atomic E-state index is 0.455. The lowest BCUT2D eigenvalue weighted by Crippen LogP contribution is -2.45. The van der Waals surface area contributed by atoms with Gasteiger partial charge in [-0.1, -0.05) is 66.7 Å². The van der Waals surface area contributed by atoms with Gasteiger partial charge in [-0.2, -0.15) is 20.1 Å². The third-order valence-electron chi connectivity index (χ3n) is 6.58. The molecule has 0 spiro atoms. The summed E-state index contributed by atoms with van der Waals surface area (Å²) >= 11 is 0. The molecule has 0 atom stereocenters. The Bertz CT molecular complexity index is 1490. The van der Waals surface area contributed by atoms with Gasteiger partial charge in [0.2, 0.25) is 17.8 Å². The van der Waals surface area contributed by atoms with Gasteiger partial charge in [0.1, 0.15) is 0 Å². The number of rotatable bonds is 7. The van der Waals surface area contributed by atoms with Gasteiger partial charge >= 0.3 is 0 Å². The lowest BCUT2D eigenvalue weighted by Gasteiger charge is -2.32. The topological polar surface area (TPSA) is 97.9 Å². The number of aromatic amines is 1. The molecular weight excluding hydrogens is 462 g/mol. The first-order chi connectivity index (χ1) is 18.2. The average Bonchev–Trinajstić information content (AvgIpc) is 3.41. The van der Waals surface area contributed by atoms with E-state index in [0.29, 0.717) is 30.2 Å². The molecular formula is C28H29N9. The zero-order valence-corrected chi connectivity index (χ0v) is 20.7. The number of likely N-dealkylation sites (N-methyl/N-ethyl adjacent to an activating group) is 1. The molecule has 37 heavy (non-hydrogen) atoms. The van der Waals surface area contributed by atoms with Crippen LogP contribution in [0.25, 0.3) is 22.0 Å². The maximum atomic E-state index is 4.74. The van der Waals surface area contributed by atoms with Gasteiger partial charge in [0.05, 0.1) is 5.69 Å². The molecule has 3 aromatic carbocycles. The van der Waals surface area contributed by atoms with Crippen LogP contribution in [0.5, 0.6) is 0 Å². The van der Waals surface area contributed by atoms with E-state index in [1.807, 2.05) is 36.4 Å². The van der Waals surface area contributed by atoms with Crippen LogP contribution in [0.1, 0.15) is 5.56 Å². The highest BCUT2D eigenvalue weighted by Crippen LogP contribution is 2.26. The van der Waals surface area contributed by atoms with Crippen LogP contribution in [0.2, 0.25) is 0 Å². The second-order valence-corrected chi connectivity index (χ2v) is 9.27. The molecule has 1 fully saturated rings. The molecule has 0 unspecified atom stereocenters. The van der Waals surface area contributed by atoms with Crippen molar-refractivity contribution >= 4 is 34.4 Å². The van der Waals surface area contributed by atoms with E-state index in [9.17, 15) is 0 Å². The van der Waals surface area contributed by atoms with Crippen molar-refractivity contribution < 1.29 is 0 Å². The maximum Gasteiger partial charge on any atom is 0.235 e. The minimum Gasteiger partial charge on any atom is -0.350 e. The Morgan fingerprint density at radius 2 is 1.54 bits per heavy atom. The van der Waals surface area contributed by atoms with Crippen molar-refractivity contribution in [2.24, 2.45) is 0 Å². The van der Waals surface area contributed by atoms with Gasteiger partial charge in [-0.05, 0) is 29.4 Å². The summed E-state index contributed by atoms with van der Waals surface area (Å²) in [6.07, 6.45) is 0. The van der Waals surface area contributed by atoms with E-state index in [2.05, 4.69) is 85.1 Å². The first-order valence-corrected chi connectivity index (χ1v) is 12.5. The number of hydrogen-bond acceptors (Lipinski definition) is 8. The molecule has 0 aliphatic carbocycles. The van der Waals surface area contributed by atoms with Crippen LogP contribution >= 0.6 is 0 Å². The van der Waals surface area contributed by atoms with Crippen molar-refractivity contribution in [1.82, 2.24) is 30.0 Å². The molecule has 0 saturated carbocycles. The second-order valence-electron chi connectivity index (χ2n) is 9.27. The summed E-state index contributed by atoms with van der Waals surface area (Å²) in [5.74, 6) is 2.29. The van der Waals surface area contributed by atoms with Gasteiger partial charge < -0.3 is 20.4 Å². The van der Waals surface area contributed by atoms with Crippen molar-refractivity contribution in [3.05, 3.63) is 84.4 Å². The zero-order chi connectivity index (χ0) is 25.0. The number of nitrogens with one attached hydrogen (secondary N) is 3. The Labute approximate surface area is 215 Å². The summed E-state index contributed by atoms with van der Waals surface area (Å²) in [6, 6.07) is 26.9. The van der Waals surface area contributed by atoms with E-state index < -0.39 is 0 Å². The fourth-order valence-corrected chi connectivity index (χ4v) is 4.43. The van der Waals surface area contributed by atoms with E-state index in [1.54, 1.807) is 0 Å². The summed E-state index contributed by atoms with van der Waals surface area (Å²) in [5, 5.41) is 16.6. The highest BCUT2D eigenvalue weighted by molar-refractivity contribution is 5.87. The molecule has 5 aromatic rings. The molecule has 1 aliphatic rings. The zero-order valence-electron chi connectivity index (χ0n) is 20.7. The van der Waals surface area contributed by atoms with Crippen LogP contribution in [-0.4, -0.2) is 63.3 Å². The molecule has 0 bridgehead atoms. The predicted molar refractivity (Wildman–Crippen MR) is 148 cm³/mol. The third-order valence-corrected chi connectivity index (χ3v) is 6.58. The van der Waals surface area contributed by atoms with Crippen LogP contribution in [0.4, 0.5) is 23.7 Å². The van der Waals surface area contributed by atoms with Gasteiger partial charge in [0, 0.05) is 44.4 Å². The fourth-order valence-electron chi connectivity index (χ4n) is 4.43. The molecule has 9 heteroatoms. The number of nitrogens with zero attached hydrogens (tertiary/aromatic N) is 6. The highest BCUT2D eigenvalue weighted by Gasteiger charge is 2.19. The van der Waals surface area contributed by atoms with Crippen LogP contribution in [0, 0.1) is 0 Å². The first-order valence-electron chi connectivity index (χ1n) is 12.5. The van der Waals surface area contributed by atoms with E-state index >= 15 is 0 Å². The Morgan fingerprint density at radius 3 is 2.38 bits per heavy atom. The Kier molecular flexibility index (Phi) is 6.35. The summed E-state index contributed by atoms with van der Waals surface area (Å²) in [4.78, 5) is 18.6. The summed E-state index contributed by atoms with van der Waals surface area (Å²) in [7, 11) is 2.13. The van der Waals surface area contributed by atoms with Gasteiger partial charge in [0.25, 0.3) is 0 Å². The van der Waals surface area contributed by atoms with Crippen molar-refractivity contribution in [3.8, 4) is 11.3 Å². The lowest BCUT2D eigenvalue weighted by atomic mass is 10.1. The normalized spacial score (nSPS) is 14.1. The summed E-state index contributed by atoms with van der Waals surface area (Å²) in [5.41, 5.74) is 3.15.